The van der Waals surface area contributed by atoms with Crippen LogP contribution in [0.5, 0.6) is 0 Å². The highest BCUT2D eigenvalue weighted by atomic mass is 19.4. The van der Waals surface area contributed by atoms with Gasteiger partial charge in [0.1, 0.15) is 0 Å². The number of hydrogen-bond acceptors (Lipinski definition) is 4. The number of alkyl halides is 3. The summed E-state index contributed by atoms with van der Waals surface area (Å²) in [4.78, 5) is 34.8. The summed E-state index contributed by atoms with van der Waals surface area (Å²) in [5.41, 5.74) is 1.60. The lowest BCUT2D eigenvalue weighted by Crippen LogP contribution is -2.39. The van der Waals surface area contributed by atoms with E-state index < -0.39 is 29.5 Å². The highest BCUT2D eigenvalue weighted by molar-refractivity contribution is 6.13. The van der Waals surface area contributed by atoms with E-state index in [0.29, 0.717) is 41.8 Å². The van der Waals surface area contributed by atoms with Gasteiger partial charge in [-0.25, -0.2) is 0 Å². The van der Waals surface area contributed by atoms with Gasteiger partial charge in [0.2, 0.25) is 5.91 Å². The molecule has 4 rings (SSSR count). The maximum atomic E-state index is 13.3. The van der Waals surface area contributed by atoms with Crippen LogP contribution in [0.1, 0.15) is 43.2 Å². The molecule has 2 atom stereocenters. The van der Waals surface area contributed by atoms with Crippen LogP contribution in [0.25, 0.3) is 0 Å². The van der Waals surface area contributed by atoms with E-state index in [1.165, 1.54) is 12.1 Å². The third kappa shape index (κ3) is 4.15. The zero-order valence-corrected chi connectivity index (χ0v) is 16.7. The SMILES string of the molecule is CC1=NC2=C(C(=O)CCC2)[C@@H](c2cccnc2)C1C(=O)Nc1cccc(C(F)(F)F)c1. The van der Waals surface area contributed by atoms with Gasteiger partial charge in [0.05, 0.1) is 11.5 Å². The fourth-order valence-electron chi connectivity index (χ4n) is 4.26. The first-order valence-corrected chi connectivity index (χ1v) is 9.95. The second kappa shape index (κ2) is 8.09. The highest BCUT2D eigenvalue weighted by Gasteiger charge is 2.42. The number of allylic oxidation sites excluding steroid dienone is 2. The molecule has 1 amide bonds. The largest absolute Gasteiger partial charge is 0.416 e. The Kier molecular flexibility index (Phi) is 5.47. The molecule has 8 heteroatoms. The molecule has 1 aliphatic carbocycles. The quantitative estimate of drug-likeness (QED) is 0.756. The number of rotatable bonds is 3. The van der Waals surface area contributed by atoms with Crippen molar-refractivity contribution in [3.8, 4) is 0 Å². The molecule has 1 aliphatic heterocycles. The first-order chi connectivity index (χ1) is 14.8. The van der Waals surface area contributed by atoms with Gasteiger partial charge in [-0.2, -0.15) is 13.2 Å². The zero-order chi connectivity index (χ0) is 22.2. The Hall–Kier alpha value is -3.29. The first kappa shape index (κ1) is 21.0. The standard InChI is InChI=1S/C23H20F3N3O2/c1-13-19(22(31)29-16-7-2-6-15(11-16)23(24,25)26)20(14-5-4-10-27-12-14)21-17(28-13)8-3-9-18(21)30/h2,4-7,10-12,19-20H,3,8-9H2,1H3,(H,29,31)/t19?,20-/m0/s1. The summed E-state index contributed by atoms with van der Waals surface area (Å²) >= 11 is 0. The number of aromatic nitrogens is 1. The normalized spacial score (nSPS) is 21.4. The molecule has 1 unspecified atom stereocenters. The van der Waals surface area contributed by atoms with Crippen molar-refractivity contribution < 1.29 is 22.8 Å². The summed E-state index contributed by atoms with van der Waals surface area (Å²) in [6, 6.07) is 8.00. The van der Waals surface area contributed by atoms with Crippen molar-refractivity contribution >= 4 is 23.1 Å². The smallest absolute Gasteiger partial charge is 0.325 e. The number of carbonyl (C=O) groups excluding carboxylic acids is 2. The van der Waals surface area contributed by atoms with E-state index >= 15 is 0 Å². The Balaban J connectivity index is 1.72. The van der Waals surface area contributed by atoms with Crippen molar-refractivity contribution in [3.05, 3.63) is 71.2 Å². The molecule has 31 heavy (non-hydrogen) atoms. The Morgan fingerprint density at radius 1 is 1.16 bits per heavy atom. The van der Waals surface area contributed by atoms with Gasteiger partial charge in [0.25, 0.3) is 0 Å². The molecule has 1 N–H and O–H groups in total. The minimum absolute atomic E-state index is 0.0345. The van der Waals surface area contributed by atoms with Crippen LogP contribution in [-0.2, 0) is 15.8 Å². The molecule has 2 aromatic rings. The number of hydrogen-bond donors (Lipinski definition) is 1. The van der Waals surface area contributed by atoms with Crippen LogP contribution in [0.2, 0.25) is 0 Å². The summed E-state index contributed by atoms with van der Waals surface area (Å²) < 4.78 is 39.2. The number of ketones is 1. The molecule has 1 aromatic carbocycles. The van der Waals surface area contributed by atoms with Gasteiger partial charge in [-0.3, -0.25) is 19.6 Å². The van der Waals surface area contributed by atoms with E-state index in [9.17, 15) is 22.8 Å². The molecular weight excluding hydrogens is 407 g/mol. The van der Waals surface area contributed by atoms with Gasteiger partial charge >= 0.3 is 6.18 Å². The second-order valence-electron chi connectivity index (χ2n) is 7.70. The maximum Gasteiger partial charge on any atom is 0.416 e. The number of nitrogens with zero attached hydrogens (tertiary/aromatic N) is 2. The summed E-state index contributed by atoms with van der Waals surface area (Å²) in [6.45, 7) is 1.71. The average molecular weight is 427 g/mol. The topological polar surface area (TPSA) is 71.4 Å². The van der Waals surface area contributed by atoms with Crippen molar-refractivity contribution in [2.45, 2.75) is 38.3 Å². The zero-order valence-electron chi connectivity index (χ0n) is 16.7. The molecule has 0 saturated heterocycles. The minimum atomic E-state index is -4.52. The number of nitrogens with one attached hydrogen (secondary N) is 1. The van der Waals surface area contributed by atoms with Crippen LogP contribution in [0.3, 0.4) is 0 Å². The predicted octanol–water partition coefficient (Wildman–Crippen LogP) is 4.92. The molecule has 0 fully saturated rings. The summed E-state index contributed by atoms with van der Waals surface area (Å²) in [7, 11) is 0. The molecule has 0 bridgehead atoms. The van der Waals surface area contributed by atoms with Gasteiger partial charge < -0.3 is 5.32 Å². The van der Waals surface area contributed by atoms with Crippen molar-refractivity contribution in [1.82, 2.24) is 4.98 Å². The number of pyridine rings is 1. The van der Waals surface area contributed by atoms with Crippen molar-refractivity contribution in [2.24, 2.45) is 10.9 Å². The number of aliphatic imine (C=N–C) groups is 1. The van der Waals surface area contributed by atoms with E-state index in [0.717, 1.165) is 12.1 Å². The molecule has 160 valence electrons. The lowest BCUT2D eigenvalue weighted by molar-refractivity contribution is -0.137. The number of benzene rings is 1. The van der Waals surface area contributed by atoms with Crippen LogP contribution in [-0.4, -0.2) is 22.4 Å². The monoisotopic (exact) mass is 427 g/mol. The molecule has 5 nitrogen and oxygen atoms in total. The Morgan fingerprint density at radius 3 is 2.68 bits per heavy atom. The van der Waals surface area contributed by atoms with Gasteiger partial charge in [0.15, 0.2) is 5.78 Å². The summed E-state index contributed by atoms with van der Waals surface area (Å²) in [5, 5.41) is 2.59. The first-order valence-electron chi connectivity index (χ1n) is 9.95. The summed E-state index contributed by atoms with van der Waals surface area (Å²) in [6.07, 6.45) is 0.428. The van der Waals surface area contributed by atoms with Gasteiger partial charge in [-0.05, 0) is 49.6 Å². The van der Waals surface area contributed by atoms with Gasteiger partial charge in [0, 0.05) is 47.4 Å². The van der Waals surface area contributed by atoms with E-state index in [1.807, 2.05) is 0 Å². The predicted molar refractivity (Wildman–Crippen MR) is 110 cm³/mol. The second-order valence-corrected chi connectivity index (χ2v) is 7.70. The number of amides is 1. The molecule has 0 spiro atoms. The van der Waals surface area contributed by atoms with Crippen LogP contribution < -0.4 is 5.32 Å². The molecule has 0 saturated carbocycles. The van der Waals surface area contributed by atoms with Gasteiger partial charge in [-0.1, -0.05) is 12.1 Å². The Morgan fingerprint density at radius 2 is 1.97 bits per heavy atom. The molecule has 0 radical (unpaired) electrons. The van der Waals surface area contributed by atoms with Gasteiger partial charge in [-0.15, -0.1) is 0 Å². The lowest BCUT2D eigenvalue weighted by Gasteiger charge is -2.34. The van der Waals surface area contributed by atoms with Crippen LogP contribution in [0.15, 0.2) is 65.1 Å². The number of anilines is 1. The number of halogens is 3. The van der Waals surface area contributed by atoms with E-state index in [-0.39, 0.29) is 11.5 Å². The van der Waals surface area contributed by atoms with Crippen LogP contribution >= 0.6 is 0 Å². The van der Waals surface area contributed by atoms with E-state index in [2.05, 4.69) is 15.3 Å². The third-order valence-electron chi connectivity index (χ3n) is 5.62. The molecule has 1 aromatic heterocycles. The van der Waals surface area contributed by atoms with Crippen molar-refractivity contribution in [2.75, 3.05) is 5.32 Å². The summed E-state index contributed by atoms with van der Waals surface area (Å²) in [5.74, 6) is -1.98. The van der Waals surface area contributed by atoms with Crippen LogP contribution in [0, 0.1) is 5.92 Å². The Bertz CT molecular complexity index is 1090. The Labute approximate surface area is 177 Å². The number of Topliss-reactive ketones (excluding diaryl/α,β-unsaturated/α-hetero) is 1. The fraction of sp³-hybridized carbons (Fsp3) is 0.304. The third-order valence-corrected chi connectivity index (χ3v) is 5.62. The van der Waals surface area contributed by atoms with Crippen LogP contribution in [0.4, 0.5) is 18.9 Å². The average Bonchev–Trinajstić information content (AvgIpc) is 2.73. The molecular formula is C23H20F3N3O2. The van der Waals surface area contributed by atoms with E-state index in [4.69, 9.17) is 0 Å². The van der Waals surface area contributed by atoms with Crippen molar-refractivity contribution in [1.29, 1.82) is 0 Å². The molecule has 2 aliphatic rings. The number of carbonyl (C=O) groups is 2. The minimum Gasteiger partial charge on any atom is -0.325 e. The fourth-order valence-corrected chi connectivity index (χ4v) is 4.26. The highest BCUT2D eigenvalue weighted by Crippen LogP contribution is 2.43. The maximum absolute atomic E-state index is 13.3. The lowest BCUT2D eigenvalue weighted by atomic mass is 9.71. The molecule has 2 heterocycles. The van der Waals surface area contributed by atoms with Crippen molar-refractivity contribution in [3.63, 3.8) is 0 Å². The van der Waals surface area contributed by atoms with E-state index in [1.54, 1.807) is 31.5 Å².